The van der Waals surface area contributed by atoms with Gasteiger partial charge < -0.3 is 20.7 Å². The molecule has 2 heterocycles. The summed E-state index contributed by atoms with van der Waals surface area (Å²) in [6.07, 6.45) is 1.62. The van der Waals surface area contributed by atoms with Crippen LogP contribution in [0.15, 0.2) is 6.20 Å². The number of hydrogen-bond donors (Lipinski definition) is 3. The smallest absolute Gasteiger partial charge is 0.225 e. The lowest BCUT2D eigenvalue weighted by Gasteiger charge is -2.35. The van der Waals surface area contributed by atoms with Gasteiger partial charge in [0.2, 0.25) is 5.95 Å². The first-order valence-electron chi connectivity index (χ1n) is 5.42. The second kappa shape index (κ2) is 4.44. The van der Waals surface area contributed by atoms with Crippen molar-refractivity contribution in [1.82, 2.24) is 15.3 Å². The van der Waals surface area contributed by atoms with Gasteiger partial charge in [0, 0.05) is 18.3 Å². The summed E-state index contributed by atoms with van der Waals surface area (Å²) >= 11 is 0. The third kappa shape index (κ3) is 2.63. The highest BCUT2D eigenvalue weighted by Gasteiger charge is 2.19. The number of hydroxylamine groups is 1. The molecule has 1 aromatic heterocycles. The van der Waals surface area contributed by atoms with E-state index in [0.29, 0.717) is 18.3 Å². The largest absolute Gasteiger partial charge is 0.756 e. The van der Waals surface area contributed by atoms with Gasteiger partial charge in [-0.05, 0) is 13.8 Å². The minimum Gasteiger partial charge on any atom is -0.756 e. The van der Waals surface area contributed by atoms with Gasteiger partial charge in [0.05, 0.1) is 18.8 Å². The minimum absolute atomic E-state index is 0.0455. The standard InChI is InChI=1S/C10H16N5O2/c1-10(2,5-16)14-9-12-4-7-3-11-6-15(17)8(7)13-9/h4,11,16H,3,5-6H2,1-2H3,(H,12,13,14)/q-1. The van der Waals surface area contributed by atoms with Gasteiger partial charge in [0.15, 0.2) is 0 Å². The molecule has 94 valence electrons. The zero-order valence-corrected chi connectivity index (χ0v) is 9.90. The number of nitrogens with one attached hydrogen (secondary N) is 2. The van der Waals surface area contributed by atoms with Crippen LogP contribution in [0.4, 0.5) is 11.8 Å². The van der Waals surface area contributed by atoms with Crippen molar-refractivity contribution in [2.75, 3.05) is 23.7 Å². The number of nitrogens with zero attached hydrogens (tertiary/aromatic N) is 3. The van der Waals surface area contributed by atoms with Gasteiger partial charge in [0.1, 0.15) is 5.82 Å². The Labute approximate surface area is 99.5 Å². The van der Waals surface area contributed by atoms with E-state index in [1.807, 2.05) is 13.8 Å². The number of aliphatic hydroxyl groups is 1. The van der Waals surface area contributed by atoms with E-state index < -0.39 is 5.54 Å². The van der Waals surface area contributed by atoms with Gasteiger partial charge in [-0.15, -0.1) is 0 Å². The molecule has 0 aliphatic carbocycles. The van der Waals surface area contributed by atoms with Crippen molar-refractivity contribution in [3.8, 4) is 0 Å². The SMILES string of the molecule is CC(C)(CO)Nc1ncc2c(n1)N([O-])CNC2. The molecule has 0 radical (unpaired) electrons. The molecule has 0 aromatic carbocycles. The van der Waals surface area contributed by atoms with Crippen molar-refractivity contribution in [3.63, 3.8) is 0 Å². The zero-order chi connectivity index (χ0) is 12.5. The second-order valence-electron chi connectivity index (χ2n) is 4.67. The van der Waals surface area contributed by atoms with Crippen LogP contribution in [0.1, 0.15) is 19.4 Å². The van der Waals surface area contributed by atoms with Crippen molar-refractivity contribution in [2.24, 2.45) is 0 Å². The van der Waals surface area contributed by atoms with Crippen molar-refractivity contribution < 1.29 is 5.11 Å². The van der Waals surface area contributed by atoms with Gasteiger partial charge in [-0.25, -0.2) is 4.98 Å². The van der Waals surface area contributed by atoms with Crippen LogP contribution in [0.3, 0.4) is 0 Å². The summed E-state index contributed by atoms with van der Waals surface area (Å²) in [5, 5.41) is 27.4. The van der Waals surface area contributed by atoms with Gasteiger partial charge >= 0.3 is 0 Å². The molecule has 3 N–H and O–H groups in total. The quantitative estimate of drug-likeness (QED) is 0.683. The maximum atomic E-state index is 11.6. The third-order valence-corrected chi connectivity index (χ3v) is 2.49. The monoisotopic (exact) mass is 238 g/mol. The summed E-state index contributed by atoms with van der Waals surface area (Å²) in [5.74, 6) is 0.737. The maximum Gasteiger partial charge on any atom is 0.225 e. The average molecular weight is 238 g/mol. The molecule has 0 saturated carbocycles. The molecular formula is C10H16N5O2-. The molecule has 0 spiro atoms. The fourth-order valence-electron chi connectivity index (χ4n) is 1.51. The Morgan fingerprint density at radius 2 is 2.41 bits per heavy atom. The Morgan fingerprint density at radius 1 is 1.65 bits per heavy atom. The number of fused-ring (bicyclic) bond motifs is 1. The number of hydrogen-bond acceptors (Lipinski definition) is 7. The highest BCUT2D eigenvalue weighted by Crippen LogP contribution is 2.21. The van der Waals surface area contributed by atoms with Crippen LogP contribution < -0.4 is 15.7 Å². The maximum absolute atomic E-state index is 11.6. The van der Waals surface area contributed by atoms with E-state index >= 15 is 0 Å². The summed E-state index contributed by atoms with van der Waals surface area (Å²) in [7, 11) is 0. The first-order valence-corrected chi connectivity index (χ1v) is 5.42. The zero-order valence-electron chi connectivity index (χ0n) is 9.90. The fraction of sp³-hybridized carbons (Fsp3) is 0.600. The Hall–Kier alpha value is -1.44. The van der Waals surface area contributed by atoms with E-state index in [9.17, 15) is 5.21 Å². The second-order valence-corrected chi connectivity index (χ2v) is 4.67. The Kier molecular flexibility index (Phi) is 3.14. The molecule has 17 heavy (non-hydrogen) atoms. The summed E-state index contributed by atoms with van der Waals surface area (Å²) < 4.78 is 0. The van der Waals surface area contributed by atoms with Crippen LogP contribution in [0.5, 0.6) is 0 Å². The first-order chi connectivity index (χ1) is 8.02. The van der Waals surface area contributed by atoms with Crippen LogP contribution in [-0.4, -0.2) is 33.9 Å². The Balaban J connectivity index is 2.24. The summed E-state index contributed by atoms with van der Waals surface area (Å²) in [6.45, 7) is 4.43. The molecule has 0 amide bonds. The summed E-state index contributed by atoms with van der Waals surface area (Å²) in [4.78, 5) is 8.29. The van der Waals surface area contributed by atoms with E-state index in [1.165, 1.54) is 0 Å². The van der Waals surface area contributed by atoms with E-state index in [1.54, 1.807) is 6.20 Å². The van der Waals surface area contributed by atoms with Crippen molar-refractivity contribution in [3.05, 3.63) is 17.0 Å². The van der Waals surface area contributed by atoms with E-state index in [2.05, 4.69) is 20.6 Å². The predicted octanol–water partition coefficient (Wildman–Crippen LogP) is 0.0243. The Bertz CT molecular complexity index is 410. The molecule has 0 fully saturated rings. The molecule has 0 bridgehead atoms. The summed E-state index contributed by atoms with van der Waals surface area (Å²) in [6, 6.07) is 0. The van der Waals surface area contributed by atoms with Gasteiger partial charge in [-0.3, -0.25) is 5.32 Å². The molecule has 0 saturated heterocycles. The van der Waals surface area contributed by atoms with Crippen molar-refractivity contribution >= 4 is 11.8 Å². The molecule has 2 rings (SSSR count). The average Bonchev–Trinajstić information content (AvgIpc) is 2.30. The van der Waals surface area contributed by atoms with Gasteiger partial charge in [0.25, 0.3) is 0 Å². The molecule has 1 aliphatic rings. The van der Waals surface area contributed by atoms with Crippen LogP contribution in [0, 0.1) is 5.21 Å². The highest BCUT2D eigenvalue weighted by molar-refractivity contribution is 5.51. The molecule has 0 atom stereocenters. The minimum atomic E-state index is -0.519. The molecule has 7 nitrogen and oxygen atoms in total. The van der Waals surface area contributed by atoms with Crippen LogP contribution >= 0.6 is 0 Å². The lowest BCUT2D eigenvalue weighted by atomic mass is 10.1. The van der Waals surface area contributed by atoms with Crippen molar-refractivity contribution in [2.45, 2.75) is 25.9 Å². The lowest BCUT2D eigenvalue weighted by molar-refractivity contribution is 0.233. The molecule has 7 heteroatoms. The van der Waals surface area contributed by atoms with E-state index in [0.717, 1.165) is 10.6 Å². The van der Waals surface area contributed by atoms with E-state index in [4.69, 9.17) is 5.11 Å². The predicted molar refractivity (Wildman–Crippen MR) is 64.4 cm³/mol. The topological polar surface area (TPSA) is 96.4 Å². The summed E-state index contributed by atoms with van der Waals surface area (Å²) in [5.41, 5.74) is 0.258. The lowest BCUT2D eigenvalue weighted by Crippen LogP contribution is -2.38. The molecule has 1 aromatic rings. The number of rotatable bonds is 3. The van der Waals surface area contributed by atoms with Crippen LogP contribution in [0.2, 0.25) is 0 Å². The number of aliphatic hydroxyl groups excluding tert-OH is 1. The Morgan fingerprint density at radius 3 is 3.12 bits per heavy atom. The highest BCUT2D eigenvalue weighted by atomic mass is 16.5. The number of aromatic nitrogens is 2. The number of anilines is 2. The normalized spacial score (nSPS) is 15.6. The van der Waals surface area contributed by atoms with E-state index in [-0.39, 0.29) is 13.3 Å². The van der Waals surface area contributed by atoms with Crippen molar-refractivity contribution in [1.29, 1.82) is 0 Å². The first kappa shape index (κ1) is 12.0. The molecule has 1 aliphatic heterocycles. The molecule has 0 unspecified atom stereocenters. The van der Waals surface area contributed by atoms with Gasteiger partial charge in [-0.1, -0.05) is 0 Å². The fourth-order valence-corrected chi connectivity index (χ4v) is 1.51. The molecular weight excluding hydrogens is 222 g/mol. The van der Waals surface area contributed by atoms with Gasteiger partial charge in [-0.2, -0.15) is 4.98 Å². The van der Waals surface area contributed by atoms with Crippen LogP contribution in [-0.2, 0) is 6.54 Å². The third-order valence-electron chi connectivity index (χ3n) is 2.49. The van der Waals surface area contributed by atoms with Crippen LogP contribution in [0.25, 0.3) is 0 Å².